The van der Waals surface area contributed by atoms with Crippen molar-refractivity contribution in [1.29, 1.82) is 0 Å². The summed E-state index contributed by atoms with van der Waals surface area (Å²) in [6.45, 7) is 3.03. The molecule has 0 spiro atoms. The summed E-state index contributed by atoms with van der Waals surface area (Å²) >= 11 is 5.83. The molecule has 7 nitrogen and oxygen atoms in total. The highest BCUT2D eigenvalue weighted by atomic mass is 35.5. The molecule has 0 aromatic heterocycles. The summed E-state index contributed by atoms with van der Waals surface area (Å²) < 4.78 is 32.6. The van der Waals surface area contributed by atoms with Crippen molar-refractivity contribution in [2.24, 2.45) is 0 Å². The van der Waals surface area contributed by atoms with Gasteiger partial charge in [-0.2, -0.15) is 4.31 Å². The van der Waals surface area contributed by atoms with Crippen LogP contribution in [0.15, 0.2) is 53.4 Å². The Bertz CT molecular complexity index is 1010. The number of halogens is 1. The van der Waals surface area contributed by atoms with E-state index < -0.39 is 10.0 Å². The molecule has 1 amide bonds. The average molecular weight is 465 g/mol. The van der Waals surface area contributed by atoms with Crippen molar-refractivity contribution in [3.8, 4) is 5.75 Å². The van der Waals surface area contributed by atoms with Crippen LogP contribution in [-0.4, -0.2) is 62.1 Å². The van der Waals surface area contributed by atoms with Crippen LogP contribution >= 0.6 is 11.6 Å². The Balaban J connectivity index is 1.45. The molecule has 0 atom stereocenters. The van der Waals surface area contributed by atoms with E-state index in [0.29, 0.717) is 48.9 Å². The van der Waals surface area contributed by atoms with Crippen molar-refractivity contribution in [2.45, 2.75) is 24.7 Å². The fraction of sp³-hybridized carbons (Fsp3) is 0.364. The number of ether oxygens (including phenoxy) is 1. The Kier molecular flexibility index (Phi) is 7.69. The summed E-state index contributed by atoms with van der Waals surface area (Å²) in [5.41, 5.74) is 0.467. The highest BCUT2D eigenvalue weighted by Gasteiger charge is 2.30. The number of piperazine rings is 1. The molecule has 1 heterocycles. The third kappa shape index (κ3) is 6.06. The minimum atomic E-state index is -3.65. The van der Waals surface area contributed by atoms with E-state index in [2.05, 4.69) is 0 Å². The third-order valence-electron chi connectivity index (χ3n) is 5.11. The summed E-state index contributed by atoms with van der Waals surface area (Å²) in [6, 6.07) is 13.0. The topological polar surface area (TPSA) is 84.0 Å². The monoisotopic (exact) mass is 464 g/mol. The lowest BCUT2D eigenvalue weighted by molar-refractivity contribution is -0.132. The lowest BCUT2D eigenvalue weighted by Gasteiger charge is -2.34. The van der Waals surface area contributed by atoms with Crippen molar-refractivity contribution in [3.05, 3.63) is 59.1 Å². The minimum absolute atomic E-state index is 0.0115. The first-order valence-corrected chi connectivity index (χ1v) is 11.9. The molecule has 0 bridgehead atoms. The Morgan fingerprint density at radius 1 is 0.968 bits per heavy atom. The maximum Gasteiger partial charge on any atom is 0.243 e. The molecule has 1 aliphatic heterocycles. The molecule has 1 fully saturated rings. The standard InChI is InChI=1S/C22H25ClN2O5S/c1-17(26)18-4-10-21(11-5-18)31(28,29)25-14-12-24(13-15-25)22(27)3-2-16-30-20-8-6-19(23)7-9-20/h4-11H,2-3,12-16H2,1H3. The van der Waals surface area contributed by atoms with Gasteiger partial charge in [0.25, 0.3) is 0 Å². The number of sulfonamides is 1. The van der Waals surface area contributed by atoms with E-state index in [1.54, 1.807) is 29.2 Å². The van der Waals surface area contributed by atoms with Gasteiger partial charge in [0.05, 0.1) is 11.5 Å². The number of Topliss-reactive ketones (excluding diaryl/α,β-unsaturated/α-hetero) is 1. The van der Waals surface area contributed by atoms with Gasteiger partial charge in [-0.05, 0) is 49.7 Å². The van der Waals surface area contributed by atoms with Gasteiger partial charge in [-0.1, -0.05) is 23.7 Å². The Morgan fingerprint density at radius 2 is 1.58 bits per heavy atom. The van der Waals surface area contributed by atoms with E-state index in [0.717, 1.165) is 0 Å². The van der Waals surface area contributed by atoms with Crippen LogP contribution in [0.1, 0.15) is 30.1 Å². The summed E-state index contributed by atoms with van der Waals surface area (Å²) in [6.07, 6.45) is 0.912. The largest absolute Gasteiger partial charge is 0.494 e. The van der Waals surface area contributed by atoms with Crippen LogP contribution in [0.5, 0.6) is 5.75 Å². The molecular weight excluding hydrogens is 440 g/mol. The van der Waals surface area contributed by atoms with E-state index >= 15 is 0 Å². The predicted octanol–water partition coefficient (Wildman–Crippen LogP) is 3.23. The van der Waals surface area contributed by atoms with E-state index in [9.17, 15) is 18.0 Å². The number of rotatable bonds is 8. The van der Waals surface area contributed by atoms with Gasteiger partial charge >= 0.3 is 0 Å². The normalized spacial score (nSPS) is 15.0. The zero-order valence-corrected chi connectivity index (χ0v) is 18.9. The Hall–Kier alpha value is -2.42. The molecule has 0 radical (unpaired) electrons. The second-order valence-electron chi connectivity index (χ2n) is 7.27. The van der Waals surface area contributed by atoms with Crippen LogP contribution in [0, 0.1) is 0 Å². The first-order valence-electron chi connectivity index (χ1n) is 10.0. The van der Waals surface area contributed by atoms with Crippen LogP contribution in [0.25, 0.3) is 0 Å². The van der Waals surface area contributed by atoms with Crippen LogP contribution in [0.3, 0.4) is 0 Å². The SMILES string of the molecule is CC(=O)c1ccc(S(=O)(=O)N2CCN(C(=O)CCCOc3ccc(Cl)cc3)CC2)cc1. The molecule has 2 aromatic rings. The molecule has 1 aliphatic rings. The predicted molar refractivity (Wildman–Crippen MR) is 118 cm³/mol. The van der Waals surface area contributed by atoms with Crippen LogP contribution in [0.2, 0.25) is 5.02 Å². The average Bonchev–Trinajstić information content (AvgIpc) is 2.78. The van der Waals surface area contributed by atoms with Crippen molar-refractivity contribution < 1.29 is 22.7 Å². The van der Waals surface area contributed by atoms with Crippen LogP contribution in [0.4, 0.5) is 0 Å². The van der Waals surface area contributed by atoms with Gasteiger partial charge in [-0.3, -0.25) is 9.59 Å². The molecule has 3 rings (SSSR count). The molecule has 1 saturated heterocycles. The molecule has 0 N–H and O–H groups in total. The summed E-state index contributed by atoms with van der Waals surface area (Å²) in [7, 11) is -3.65. The van der Waals surface area contributed by atoms with E-state index in [-0.39, 0.29) is 29.7 Å². The third-order valence-corrected chi connectivity index (χ3v) is 7.27. The van der Waals surface area contributed by atoms with Crippen molar-refractivity contribution >= 4 is 33.3 Å². The first-order chi connectivity index (χ1) is 14.8. The number of hydrogen-bond acceptors (Lipinski definition) is 5. The fourth-order valence-electron chi connectivity index (χ4n) is 3.29. The van der Waals surface area contributed by atoms with Gasteiger partial charge in [0.15, 0.2) is 5.78 Å². The number of benzene rings is 2. The summed E-state index contributed by atoms with van der Waals surface area (Å²) in [5, 5.41) is 0.636. The van der Waals surface area contributed by atoms with Crippen LogP contribution in [-0.2, 0) is 14.8 Å². The molecule has 31 heavy (non-hydrogen) atoms. The smallest absolute Gasteiger partial charge is 0.243 e. The lowest BCUT2D eigenvalue weighted by Crippen LogP contribution is -2.50. The zero-order chi connectivity index (χ0) is 22.4. The number of ketones is 1. The summed E-state index contributed by atoms with van der Waals surface area (Å²) in [5.74, 6) is 0.573. The summed E-state index contributed by atoms with van der Waals surface area (Å²) in [4.78, 5) is 25.6. The first kappa shape index (κ1) is 23.2. The lowest BCUT2D eigenvalue weighted by atomic mass is 10.2. The van der Waals surface area contributed by atoms with Crippen molar-refractivity contribution in [1.82, 2.24) is 9.21 Å². The van der Waals surface area contributed by atoms with E-state index in [4.69, 9.17) is 16.3 Å². The molecule has 0 unspecified atom stereocenters. The van der Waals surface area contributed by atoms with Gasteiger partial charge in [-0.15, -0.1) is 0 Å². The second-order valence-corrected chi connectivity index (χ2v) is 9.65. The molecule has 166 valence electrons. The Labute approximate surface area is 187 Å². The zero-order valence-electron chi connectivity index (χ0n) is 17.3. The van der Waals surface area contributed by atoms with Gasteiger partial charge in [-0.25, -0.2) is 8.42 Å². The van der Waals surface area contributed by atoms with Gasteiger partial charge in [0.1, 0.15) is 5.75 Å². The molecular formula is C22H25ClN2O5S. The maximum atomic E-state index is 12.8. The van der Waals surface area contributed by atoms with Gasteiger partial charge in [0, 0.05) is 43.2 Å². The number of hydrogen-bond donors (Lipinski definition) is 0. The molecule has 9 heteroatoms. The molecule has 0 aliphatic carbocycles. The van der Waals surface area contributed by atoms with Gasteiger partial charge < -0.3 is 9.64 Å². The molecule has 0 saturated carbocycles. The van der Waals surface area contributed by atoms with Crippen molar-refractivity contribution in [2.75, 3.05) is 32.8 Å². The van der Waals surface area contributed by atoms with Crippen LogP contribution < -0.4 is 4.74 Å². The fourth-order valence-corrected chi connectivity index (χ4v) is 4.84. The minimum Gasteiger partial charge on any atom is -0.494 e. The quantitative estimate of drug-likeness (QED) is 0.442. The highest BCUT2D eigenvalue weighted by Crippen LogP contribution is 2.19. The number of nitrogens with zero attached hydrogens (tertiary/aromatic N) is 2. The van der Waals surface area contributed by atoms with E-state index in [1.807, 2.05) is 0 Å². The number of carbonyl (C=O) groups excluding carboxylic acids is 2. The second kappa shape index (κ2) is 10.3. The highest BCUT2D eigenvalue weighted by molar-refractivity contribution is 7.89. The molecule has 2 aromatic carbocycles. The van der Waals surface area contributed by atoms with E-state index in [1.165, 1.54) is 35.5 Å². The maximum absolute atomic E-state index is 12.8. The van der Waals surface area contributed by atoms with Crippen molar-refractivity contribution in [3.63, 3.8) is 0 Å². The number of carbonyl (C=O) groups is 2. The number of amides is 1. The van der Waals surface area contributed by atoms with Gasteiger partial charge in [0.2, 0.25) is 15.9 Å². The Morgan fingerprint density at radius 3 is 2.16 bits per heavy atom.